The molecule has 0 aromatic heterocycles. The van der Waals surface area contributed by atoms with Gasteiger partial charge < -0.3 is 9.64 Å². The topological polar surface area (TPSA) is 29.5 Å². The van der Waals surface area contributed by atoms with Gasteiger partial charge in [-0.15, -0.1) is 0 Å². The summed E-state index contributed by atoms with van der Waals surface area (Å²) in [6, 6.07) is 8.37. The molecule has 1 amide bonds. The summed E-state index contributed by atoms with van der Waals surface area (Å²) in [4.78, 5) is 14.9. The van der Waals surface area contributed by atoms with E-state index >= 15 is 0 Å². The van der Waals surface area contributed by atoms with Crippen LogP contribution in [0.4, 0.5) is 0 Å². The van der Waals surface area contributed by atoms with Gasteiger partial charge in [0.1, 0.15) is 5.75 Å². The zero-order valence-electron chi connectivity index (χ0n) is 12.6. The van der Waals surface area contributed by atoms with Gasteiger partial charge in [0.15, 0.2) is 0 Å². The summed E-state index contributed by atoms with van der Waals surface area (Å²) < 4.78 is 5.31. The molecule has 0 bridgehead atoms. The highest BCUT2D eigenvalue weighted by Crippen LogP contribution is 2.35. The molecule has 3 rings (SSSR count). The molecule has 2 aliphatic rings. The average molecular weight is 285 g/mol. The van der Waals surface area contributed by atoms with Crippen LogP contribution < -0.4 is 4.74 Å². The summed E-state index contributed by atoms with van der Waals surface area (Å²) in [5.74, 6) is 1.39. The smallest absolute Gasteiger partial charge is 0.226 e. The van der Waals surface area contributed by atoms with Crippen LogP contribution in [-0.2, 0) is 4.79 Å². The summed E-state index contributed by atoms with van der Waals surface area (Å²) in [5, 5.41) is 0. The summed E-state index contributed by atoms with van der Waals surface area (Å²) in [6.07, 6.45) is 9.43. The Bertz CT molecular complexity index is 538. The van der Waals surface area contributed by atoms with Gasteiger partial charge in [0.25, 0.3) is 0 Å². The number of carbonyl (C=O) groups excluding carboxylic acids is 1. The lowest BCUT2D eigenvalue weighted by atomic mass is 9.92. The van der Waals surface area contributed by atoms with E-state index in [2.05, 4.69) is 29.2 Å². The minimum Gasteiger partial charge on any atom is -0.497 e. The van der Waals surface area contributed by atoms with Gasteiger partial charge in [-0.2, -0.15) is 0 Å². The molecule has 1 heterocycles. The molecule has 1 aliphatic heterocycles. The maximum atomic E-state index is 12.8. The fourth-order valence-corrected chi connectivity index (χ4v) is 3.48. The van der Waals surface area contributed by atoms with Crippen molar-refractivity contribution in [1.29, 1.82) is 0 Å². The molecule has 0 N–H and O–H groups in total. The van der Waals surface area contributed by atoms with Crippen LogP contribution in [0.1, 0.15) is 43.7 Å². The Morgan fingerprint density at radius 1 is 1.29 bits per heavy atom. The molecule has 2 unspecified atom stereocenters. The molecule has 1 aromatic carbocycles. The third kappa shape index (κ3) is 2.97. The van der Waals surface area contributed by atoms with E-state index in [0.29, 0.717) is 5.91 Å². The Morgan fingerprint density at radius 3 is 2.95 bits per heavy atom. The molecule has 3 nitrogen and oxygen atoms in total. The van der Waals surface area contributed by atoms with E-state index in [9.17, 15) is 4.79 Å². The van der Waals surface area contributed by atoms with Crippen molar-refractivity contribution >= 4 is 5.91 Å². The van der Waals surface area contributed by atoms with E-state index in [0.717, 1.165) is 44.4 Å². The molecular weight excluding hydrogens is 262 g/mol. The van der Waals surface area contributed by atoms with Crippen LogP contribution in [-0.4, -0.2) is 24.5 Å². The average Bonchev–Trinajstić information content (AvgIpc) is 3.04. The number of nitrogens with zero attached hydrogens (tertiary/aromatic N) is 1. The second-order valence-electron chi connectivity index (χ2n) is 5.95. The first-order valence-corrected chi connectivity index (χ1v) is 7.89. The van der Waals surface area contributed by atoms with E-state index in [1.54, 1.807) is 7.11 Å². The SMILES string of the molecule is COc1cccc(C2CCCN2C(=O)C2CC=CCC2)c1. The summed E-state index contributed by atoms with van der Waals surface area (Å²) in [5.41, 5.74) is 1.20. The third-order valence-electron chi connectivity index (χ3n) is 4.63. The third-order valence-corrected chi connectivity index (χ3v) is 4.63. The molecular formula is C18H23NO2. The van der Waals surface area contributed by atoms with E-state index in [4.69, 9.17) is 4.74 Å². The summed E-state index contributed by atoms with van der Waals surface area (Å²) in [6.45, 7) is 0.890. The first-order chi connectivity index (χ1) is 10.3. The Hall–Kier alpha value is -1.77. The number of ether oxygens (including phenoxy) is 1. The predicted octanol–water partition coefficient (Wildman–Crippen LogP) is 3.72. The Morgan fingerprint density at radius 2 is 2.19 bits per heavy atom. The minimum absolute atomic E-state index is 0.182. The molecule has 3 heteroatoms. The maximum absolute atomic E-state index is 12.8. The first kappa shape index (κ1) is 14.2. The lowest BCUT2D eigenvalue weighted by molar-refractivity contribution is -0.136. The second-order valence-corrected chi connectivity index (χ2v) is 5.95. The van der Waals surface area contributed by atoms with Crippen molar-refractivity contribution in [3.8, 4) is 5.75 Å². The standard InChI is InChI=1S/C18H23NO2/c1-21-16-10-5-9-15(13-16)17-11-6-12-19(17)18(20)14-7-3-2-4-8-14/h2-3,5,9-10,13-14,17H,4,6-8,11-12H2,1H3. The monoisotopic (exact) mass is 285 g/mol. The molecule has 1 aromatic rings. The lowest BCUT2D eigenvalue weighted by Crippen LogP contribution is -2.36. The van der Waals surface area contributed by atoms with Gasteiger partial charge in [0.2, 0.25) is 5.91 Å². The van der Waals surface area contributed by atoms with Gasteiger partial charge in [-0.1, -0.05) is 24.3 Å². The molecule has 21 heavy (non-hydrogen) atoms. The van der Waals surface area contributed by atoms with Crippen LogP contribution in [0.2, 0.25) is 0 Å². The zero-order valence-corrected chi connectivity index (χ0v) is 12.6. The zero-order chi connectivity index (χ0) is 14.7. The molecule has 1 aliphatic carbocycles. The molecule has 2 atom stereocenters. The molecule has 0 saturated carbocycles. The van der Waals surface area contributed by atoms with Gasteiger partial charge in [-0.3, -0.25) is 4.79 Å². The van der Waals surface area contributed by atoms with Gasteiger partial charge in [0.05, 0.1) is 13.2 Å². The summed E-state index contributed by atoms with van der Waals surface area (Å²) in [7, 11) is 1.69. The highest BCUT2D eigenvalue weighted by molar-refractivity contribution is 5.80. The molecule has 1 fully saturated rings. The van der Waals surface area contributed by atoms with Crippen molar-refractivity contribution in [2.45, 2.75) is 38.1 Å². The Labute approximate surface area is 126 Å². The number of hydrogen-bond donors (Lipinski definition) is 0. The Kier molecular flexibility index (Phi) is 4.28. The van der Waals surface area contributed by atoms with Crippen molar-refractivity contribution in [2.24, 2.45) is 5.92 Å². The van der Waals surface area contributed by atoms with Crippen LogP contribution in [0.5, 0.6) is 5.75 Å². The van der Waals surface area contributed by atoms with E-state index in [1.165, 1.54) is 5.56 Å². The molecule has 1 saturated heterocycles. The van der Waals surface area contributed by atoms with Crippen molar-refractivity contribution in [2.75, 3.05) is 13.7 Å². The Balaban J connectivity index is 1.78. The van der Waals surface area contributed by atoms with Crippen molar-refractivity contribution in [1.82, 2.24) is 4.90 Å². The highest BCUT2D eigenvalue weighted by Gasteiger charge is 2.33. The van der Waals surface area contributed by atoms with Crippen LogP contribution in [0.15, 0.2) is 36.4 Å². The van der Waals surface area contributed by atoms with E-state index < -0.39 is 0 Å². The van der Waals surface area contributed by atoms with Crippen LogP contribution >= 0.6 is 0 Å². The minimum atomic E-state index is 0.182. The van der Waals surface area contributed by atoms with Crippen LogP contribution in [0.3, 0.4) is 0 Å². The lowest BCUT2D eigenvalue weighted by Gasteiger charge is -2.30. The molecule has 0 spiro atoms. The van der Waals surface area contributed by atoms with Gasteiger partial charge in [-0.25, -0.2) is 0 Å². The maximum Gasteiger partial charge on any atom is 0.226 e. The number of amides is 1. The van der Waals surface area contributed by atoms with Crippen molar-refractivity contribution < 1.29 is 9.53 Å². The number of likely N-dealkylation sites (tertiary alicyclic amines) is 1. The number of benzene rings is 1. The van der Waals surface area contributed by atoms with Gasteiger partial charge >= 0.3 is 0 Å². The fourth-order valence-electron chi connectivity index (χ4n) is 3.48. The number of carbonyl (C=O) groups is 1. The second kappa shape index (κ2) is 6.33. The van der Waals surface area contributed by atoms with Crippen molar-refractivity contribution in [3.63, 3.8) is 0 Å². The van der Waals surface area contributed by atoms with Crippen LogP contribution in [0.25, 0.3) is 0 Å². The molecule has 112 valence electrons. The van der Waals surface area contributed by atoms with E-state index in [1.807, 2.05) is 12.1 Å². The van der Waals surface area contributed by atoms with E-state index in [-0.39, 0.29) is 12.0 Å². The quantitative estimate of drug-likeness (QED) is 0.792. The number of allylic oxidation sites excluding steroid dienone is 2. The number of methoxy groups -OCH3 is 1. The van der Waals surface area contributed by atoms with Gasteiger partial charge in [-0.05, 0) is 49.8 Å². The van der Waals surface area contributed by atoms with Gasteiger partial charge in [0, 0.05) is 12.5 Å². The first-order valence-electron chi connectivity index (χ1n) is 7.89. The number of hydrogen-bond acceptors (Lipinski definition) is 2. The van der Waals surface area contributed by atoms with Crippen molar-refractivity contribution in [3.05, 3.63) is 42.0 Å². The highest BCUT2D eigenvalue weighted by atomic mass is 16.5. The molecule has 0 radical (unpaired) electrons. The summed E-state index contributed by atoms with van der Waals surface area (Å²) >= 11 is 0. The normalized spacial score (nSPS) is 25.1. The largest absolute Gasteiger partial charge is 0.497 e. The van der Waals surface area contributed by atoms with Crippen LogP contribution in [0, 0.1) is 5.92 Å². The number of rotatable bonds is 3. The predicted molar refractivity (Wildman–Crippen MR) is 83.2 cm³/mol. The fraction of sp³-hybridized carbons (Fsp3) is 0.500.